The first-order valence-corrected chi connectivity index (χ1v) is 16.0. The predicted molar refractivity (Wildman–Crippen MR) is 195 cm³/mol. The molecular formula is C44H26N2. The molecule has 2 nitrogen and oxygen atoms in total. The summed E-state index contributed by atoms with van der Waals surface area (Å²) >= 11 is 0. The Kier molecular flexibility index (Phi) is 4.61. The van der Waals surface area contributed by atoms with Crippen molar-refractivity contribution in [2.24, 2.45) is 0 Å². The van der Waals surface area contributed by atoms with E-state index in [-0.39, 0.29) is 0 Å². The normalized spacial score (nSPS) is 12.3. The van der Waals surface area contributed by atoms with Gasteiger partial charge in [0.15, 0.2) is 0 Å². The van der Waals surface area contributed by atoms with E-state index in [1.807, 2.05) is 0 Å². The maximum absolute atomic E-state index is 2.53. The van der Waals surface area contributed by atoms with Gasteiger partial charge < -0.3 is 9.13 Å². The van der Waals surface area contributed by atoms with Gasteiger partial charge in [0, 0.05) is 38.3 Å². The molecule has 0 saturated heterocycles. The summed E-state index contributed by atoms with van der Waals surface area (Å²) in [6.07, 6.45) is 0. The zero-order chi connectivity index (χ0) is 29.9. The minimum Gasteiger partial charge on any atom is -0.309 e. The van der Waals surface area contributed by atoms with Crippen LogP contribution in [0.3, 0.4) is 0 Å². The second kappa shape index (κ2) is 8.74. The van der Waals surface area contributed by atoms with Crippen molar-refractivity contribution in [3.05, 3.63) is 158 Å². The average molecular weight is 583 g/mol. The van der Waals surface area contributed by atoms with E-state index < -0.39 is 0 Å². The van der Waals surface area contributed by atoms with Crippen LogP contribution in [0, 0.1) is 0 Å². The highest BCUT2D eigenvalue weighted by Gasteiger charge is 2.26. The Balaban J connectivity index is 1.40. The number of rotatable bonds is 2. The van der Waals surface area contributed by atoms with Gasteiger partial charge in [-0.1, -0.05) is 121 Å². The molecule has 1 aliphatic rings. The monoisotopic (exact) mass is 582 g/mol. The number of para-hydroxylation sites is 3. The highest BCUT2D eigenvalue weighted by atomic mass is 15.0. The first-order chi connectivity index (χ1) is 22.9. The number of benzene rings is 8. The van der Waals surface area contributed by atoms with Crippen molar-refractivity contribution in [3.63, 3.8) is 0 Å². The van der Waals surface area contributed by atoms with Crippen molar-refractivity contribution in [1.29, 1.82) is 0 Å². The quantitative estimate of drug-likeness (QED) is 0.192. The Bertz CT molecular complexity index is 2900. The van der Waals surface area contributed by atoms with Gasteiger partial charge in [0.05, 0.1) is 22.1 Å². The highest BCUT2D eigenvalue weighted by Crippen LogP contribution is 2.50. The van der Waals surface area contributed by atoms with E-state index in [0.29, 0.717) is 0 Å². The number of hydrogen-bond donors (Lipinski definition) is 0. The fourth-order valence-corrected chi connectivity index (χ4v) is 8.44. The third-order valence-electron chi connectivity index (χ3n) is 10.2. The summed E-state index contributed by atoms with van der Waals surface area (Å²) in [4.78, 5) is 0. The molecule has 2 heteroatoms. The largest absolute Gasteiger partial charge is 0.309 e. The van der Waals surface area contributed by atoms with Crippen LogP contribution in [0.5, 0.6) is 0 Å². The van der Waals surface area contributed by atoms with Gasteiger partial charge in [0.25, 0.3) is 0 Å². The highest BCUT2D eigenvalue weighted by molar-refractivity contribution is 6.36. The number of fused-ring (bicyclic) bond motifs is 13. The first kappa shape index (κ1) is 24.2. The Morgan fingerprint density at radius 2 is 0.870 bits per heavy atom. The van der Waals surface area contributed by atoms with Gasteiger partial charge in [-0.3, -0.25) is 0 Å². The zero-order valence-electron chi connectivity index (χ0n) is 24.9. The van der Waals surface area contributed by atoms with Crippen molar-refractivity contribution >= 4 is 65.2 Å². The molecule has 0 radical (unpaired) electrons. The van der Waals surface area contributed by atoms with Crippen molar-refractivity contribution in [2.45, 2.75) is 0 Å². The maximum atomic E-state index is 2.53. The molecular weight excluding hydrogens is 556 g/mol. The van der Waals surface area contributed by atoms with Crippen LogP contribution >= 0.6 is 0 Å². The van der Waals surface area contributed by atoms with Crippen LogP contribution in [0.4, 0.5) is 0 Å². The summed E-state index contributed by atoms with van der Waals surface area (Å²) in [6, 6.07) is 58.1. The smallest absolute Gasteiger partial charge is 0.0647 e. The number of aromatic nitrogens is 2. The molecule has 0 aliphatic heterocycles. The van der Waals surface area contributed by atoms with E-state index in [9.17, 15) is 0 Å². The van der Waals surface area contributed by atoms with E-state index in [0.717, 1.165) is 0 Å². The Hall–Kier alpha value is -6.12. The van der Waals surface area contributed by atoms with Crippen molar-refractivity contribution < 1.29 is 0 Å². The topological polar surface area (TPSA) is 9.86 Å². The third kappa shape index (κ3) is 2.96. The minimum absolute atomic E-state index is 1.17. The molecule has 1 aliphatic carbocycles. The van der Waals surface area contributed by atoms with Gasteiger partial charge in [-0.2, -0.15) is 0 Å². The summed E-state index contributed by atoms with van der Waals surface area (Å²) < 4.78 is 5.02. The molecule has 0 atom stereocenters. The van der Waals surface area contributed by atoms with Crippen LogP contribution in [0.1, 0.15) is 0 Å². The summed E-state index contributed by atoms with van der Waals surface area (Å²) in [6.45, 7) is 0. The lowest BCUT2D eigenvalue weighted by Crippen LogP contribution is -1.97. The molecule has 2 aromatic heterocycles. The predicted octanol–water partition coefficient (Wildman–Crippen LogP) is 11.8. The molecule has 0 saturated carbocycles. The molecule has 10 aromatic rings. The van der Waals surface area contributed by atoms with Gasteiger partial charge in [0.1, 0.15) is 0 Å². The number of nitrogens with zero attached hydrogens (tertiary/aromatic N) is 2. The fraction of sp³-hybridized carbons (Fsp3) is 0. The molecule has 212 valence electrons. The molecule has 8 aromatic carbocycles. The summed E-state index contributed by atoms with van der Waals surface area (Å²) in [5, 5.41) is 10.3. The van der Waals surface area contributed by atoms with Gasteiger partial charge in [-0.25, -0.2) is 0 Å². The summed E-state index contributed by atoms with van der Waals surface area (Å²) in [7, 11) is 0. The van der Waals surface area contributed by atoms with E-state index in [2.05, 4.69) is 167 Å². The van der Waals surface area contributed by atoms with Gasteiger partial charge in [0.2, 0.25) is 0 Å². The lowest BCUT2D eigenvalue weighted by atomic mass is 9.99. The molecule has 0 fully saturated rings. The van der Waals surface area contributed by atoms with E-state index in [4.69, 9.17) is 0 Å². The lowest BCUT2D eigenvalue weighted by molar-refractivity contribution is 1.18. The molecule has 0 unspecified atom stereocenters. The Morgan fingerprint density at radius 3 is 1.63 bits per heavy atom. The van der Waals surface area contributed by atoms with Crippen LogP contribution in [-0.4, -0.2) is 9.13 Å². The molecule has 0 spiro atoms. The molecule has 0 amide bonds. The van der Waals surface area contributed by atoms with E-state index in [1.165, 1.54) is 98.8 Å². The van der Waals surface area contributed by atoms with Crippen LogP contribution in [0.2, 0.25) is 0 Å². The summed E-state index contributed by atoms with van der Waals surface area (Å²) in [5.41, 5.74) is 12.6. The van der Waals surface area contributed by atoms with Crippen molar-refractivity contribution in [3.8, 4) is 33.6 Å². The number of hydrogen-bond acceptors (Lipinski definition) is 0. The molecule has 46 heavy (non-hydrogen) atoms. The second-order valence-corrected chi connectivity index (χ2v) is 12.5. The Labute approximate surface area is 265 Å². The molecule has 0 N–H and O–H groups in total. The van der Waals surface area contributed by atoms with Crippen LogP contribution in [-0.2, 0) is 0 Å². The minimum atomic E-state index is 1.17. The van der Waals surface area contributed by atoms with Gasteiger partial charge in [-0.15, -0.1) is 0 Å². The maximum Gasteiger partial charge on any atom is 0.0647 e. The van der Waals surface area contributed by atoms with Crippen LogP contribution in [0.15, 0.2) is 158 Å². The second-order valence-electron chi connectivity index (χ2n) is 12.5. The lowest BCUT2D eigenvalue weighted by Gasteiger charge is -2.14. The first-order valence-electron chi connectivity index (χ1n) is 16.0. The average Bonchev–Trinajstić information content (AvgIpc) is 3.76. The van der Waals surface area contributed by atoms with Crippen LogP contribution in [0.25, 0.3) is 98.8 Å². The summed E-state index contributed by atoms with van der Waals surface area (Å²) in [5.74, 6) is 0. The van der Waals surface area contributed by atoms with Crippen molar-refractivity contribution in [1.82, 2.24) is 9.13 Å². The van der Waals surface area contributed by atoms with E-state index >= 15 is 0 Å². The molecule has 2 heterocycles. The standard InChI is InChI=1S/C44H26N2/c1-2-14-28(15-3-1)45-38-23-10-8-20-35(38)41-33-18-6-7-19-34(33)43-42(44(41)45)36-21-9-11-24-39(36)46(43)29-25-27-13-12-22-32-30-16-4-5-17-31(30)37(26-29)40(27)32/h1-26H. The molecule has 0 bridgehead atoms. The van der Waals surface area contributed by atoms with Crippen molar-refractivity contribution in [2.75, 3.05) is 0 Å². The third-order valence-corrected chi connectivity index (χ3v) is 10.2. The zero-order valence-corrected chi connectivity index (χ0v) is 24.9. The van der Waals surface area contributed by atoms with Crippen LogP contribution < -0.4 is 0 Å². The van der Waals surface area contributed by atoms with Gasteiger partial charge in [-0.05, 0) is 74.8 Å². The SMILES string of the molecule is c1ccc(-n2c3ccccc3c3c4ccccc4c4c(c5ccccc5n4-c4cc5c6c(cccc6c4)-c4ccccc4-5)c32)cc1. The van der Waals surface area contributed by atoms with E-state index in [1.54, 1.807) is 0 Å². The Morgan fingerprint density at radius 1 is 0.304 bits per heavy atom. The fourth-order valence-electron chi connectivity index (χ4n) is 8.44. The molecule has 11 rings (SSSR count). The van der Waals surface area contributed by atoms with Gasteiger partial charge >= 0.3 is 0 Å².